The zero-order valence-electron chi connectivity index (χ0n) is 10.2. The summed E-state index contributed by atoms with van der Waals surface area (Å²) in [7, 11) is 0. The van der Waals surface area contributed by atoms with Crippen LogP contribution in [0.2, 0.25) is 0 Å². The molecule has 0 amide bonds. The zero-order chi connectivity index (χ0) is 13.4. The van der Waals surface area contributed by atoms with Gasteiger partial charge in [0.05, 0.1) is 6.04 Å². The maximum atomic E-state index is 13.2. The van der Waals surface area contributed by atoms with Gasteiger partial charge in [-0.15, -0.1) is 0 Å². The maximum absolute atomic E-state index is 13.2. The summed E-state index contributed by atoms with van der Waals surface area (Å²) in [5.74, 6) is -1.44. The molecule has 0 aliphatic heterocycles. The molecule has 2 nitrogen and oxygen atoms in total. The fourth-order valence-corrected chi connectivity index (χ4v) is 2.54. The van der Waals surface area contributed by atoms with Crippen LogP contribution in [0, 0.1) is 11.6 Å². The quantitative estimate of drug-likeness (QED) is 0.862. The molecular weight excluding hydrogens is 248 g/mol. The third kappa shape index (κ3) is 2.26. The molecule has 0 fully saturated rings. The molecule has 19 heavy (non-hydrogen) atoms. The molecular formula is C15H13F2NO. The summed E-state index contributed by atoms with van der Waals surface area (Å²) in [4.78, 5) is 0. The van der Waals surface area contributed by atoms with E-state index in [2.05, 4.69) is 5.32 Å². The van der Waals surface area contributed by atoms with E-state index in [-0.39, 0.29) is 11.8 Å². The average Bonchev–Trinajstić information content (AvgIpc) is 2.76. The van der Waals surface area contributed by atoms with Crippen molar-refractivity contribution >= 4 is 5.69 Å². The first-order valence-electron chi connectivity index (χ1n) is 6.17. The second-order valence-corrected chi connectivity index (χ2v) is 4.75. The molecule has 1 aliphatic carbocycles. The fraction of sp³-hybridized carbons (Fsp3) is 0.200. The van der Waals surface area contributed by atoms with Crippen LogP contribution in [0.3, 0.4) is 0 Å². The second-order valence-electron chi connectivity index (χ2n) is 4.75. The molecule has 0 saturated heterocycles. The van der Waals surface area contributed by atoms with E-state index in [1.165, 1.54) is 6.07 Å². The lowest BCUT2D eigenvalue weighted by molar-refractivity contribution is 0.474. The Kier molecular flexibility index (Phi) is 2.85. The number of halogens is 2. The van der Waals surface area contributed by atoms with Crippen LogP contribution in [-0.4, -0.2) is 5.11 Å². The second kappa shape index (κ2) is 4.53. The molecule has 1 atom stereocenters. The van der Waals surface area contributed by atoms with Crippen LogP contribution in [0.4, 0.5) is 14.5 Å². The molecule has 0 spiro atoms. The summed E-state index contributed by atoms with van der Waals surface area (Å²) < 4.78 is 26.0. The van der Waals surface area contributed by atoms with Crippen LogP contribution in [0.25, 0.3) is 0 Å². The zero-order valence-corrected chi connectivity index (χ0v) is 10.2. The average molecular weight is 261 g/mol. The van der Waals surface area contributed by atoms with Crippen molar-refractivity contribution in [3.8, 4) is 5.75 Å². The van der Waals surface area contributed by atoms with Gasteiger partial charge in [0, 0.05) is 11.8 Å². The standard InChI is InChI=1S/C15H13F2NO/c16-13-5-2-10(8-14(13)17)18-15-6-1-9-7-11(19)3-4-12(9)15/h2-5,7-8,15,18-19H,1,6H2. The highest BCUT2D eigenvalue weighted by atomic mass is 19.2. The first kappa shape index (κ1) is 12.0. The Bertz CT molecular complexity index is 628. The molecule has 1 unspecified atom stereocenters. The normalized spacial score (nSPS) is 17.3. The number of rotatable bonds is 2. The number of phenols is 1. The molecule has 2 aromatic carbocycles. The molecule has 0 radical (unpaired) electrons. The minimum absolute atomic E-state index is 0.0699. The number of hydrogen-bond acceptors (Lipinski definition) is 2. The van der Waals surface area contributed by atoms with Crippen LogP contribution >= 0.6 is 0 Å². The maximum Gasteiger partial charge on any atom is 0.160 e. The molecule has 3 rings (SSSR count). The molecule has 2 N–H and O–H groups in total. The largest absolute Gasteiger partial charge is 0.508 e. The van der Waals surface area contributed by atoms with E-state index >= 15 is 0 Å². The van der Waals surface area contributed by atoms with E-state index in [4.69, 9.17) is 0 Å². The molecule has 1 aliphatic rings. The number of hydrogen-bond donors (Lipinski definition) is 2. The van der Waals surface area contributed by atoms with Gasteiger partial charge in [0.25, 0.3) is 0 Å². The van der Waals surface area contributed by atoms with Crippen molar-refractivity contribution < 1.29 is 13.9 Å². The molecule has 4 heteroatoms. The van der Waals surface area contributed by atoms with Crippen LogP contribution in [0.1, 0.15) is 23.6 Å². The first-order chi connectivity index (χ1) is 9.13. The Hall–Kier alpha value is -2.10. The Labute approximate surface area is 109 Å². The highest BCUT2D eigenvalue weighted by Crippen LogP contribution is 2.35. The number of fused-ring (bicyclic) bond motifs is 1. The van der Waals surface area contributed by atoms with E-state index < -0.39 is 11.6 Å². The highest BCUT2D eigenvalue weighted by molar-refractivity contribution is 5.49. The first-order valence-corrected chi connectivity index (χ1v) is 6.17. The van der Waals surface area contributed by atoms with E-state index in [0.717, 1.165) is 36.1 Å². The lowest BCUT2D eigenvalue weighted by atomic mass is 10.1. The van der Waals surface area contributed by atoms with Crippen molar-refractivity contribution in [3.63, 3.8) is 0 Å². The Morgan fingerprint density at radius 1 is 1.05 bits per heavy atom. The summed E-state index contributed by atoms with van der Waals surface area (Å²) in [6.07, 6.45) is 1.74. The molecule has 0 aromatic heterocycles. The van der Waals surface area contributed by atoms with Crippen molar-refractivity contribution in [3.05, 3.63) is 59.2 Å². The Balaban J connectivity index is 1.84. The lowest BCUT2D eigenvalue weighted by Gasteiger charge is -2.15. The van der Waals surface area contributed by atoms with Crippen molar-refractivity contribution in [1.82, 2.24) is 0 Å². The predicted octanol–water partition coefficient (Wildman–Crippen LogP) is 3.77. The Morgan fingerprint density at radius 3 is 2.68 bits per heavy atom. The molecule has 2 aromatic rings. The van der Waals surface area contributed by atoms with Crippen molar-refractivity contribution in [2.75, 3.05) is 5.32 Å². The SMILES string of the molecule is Oc1ccc2c(c1)CCC2Nc1ccc(F)c(F)c1. The minimum atomic E-state index is -0.853. The van der Waals surface area contributed by atoms with Gasteiger partial charge in [-0.1, -0.05) is 6.07 Å². The van der Waals surface area contributed by atoms with E-state index in [1.807, 2.05) is 6.07 Å². The van der Waals surface area contributed by atoms with E-state index in [1.54, 1.807) is 12.1 Å². The number of benzene rings is 2. The van der Waals surface area contributed by atoms with Gasteiger partial charge in [-0.2, -0.15) is 0 Å². The van der Waals surface area contributed by atoms with Crippen molar-refractivity contribution in [2.45, 2.75) is 18.9 Å². The minimum Gasteiger partial charge on any atom is -0.508 e. The number of nitrogens with one attached hydrogen (secondary N) is 1. The lowest BCUT2D eigenvalue weighted by Crippen LogP contribution is -2.07. The van der Waals surface area contributed by atoms with E-state index in [0.29, 0.717) is 5.69 Å². The highest BCUT2D eigenvalue weighted by Gasteiger charge is 2.22. The van der Waals surface area contributed by atoms with Gasteiger partial charge in [0.1, 0.15) is 5.75 Å². The van der Waals surface area contributed by atoms with Crippen LogP contribution in [-0.2, 0) is 6.42 Å². The monoisotopic (exact) mass is 261 g/mol. The van der Waals surface area contributed by atoms with Crippen LogP contribution in [0.15, 0.2) is 36.4 Å². The van der Waals surface area contributed by atoms with Gasteiger partial charge < -0.3 is 10.4 Å². The van der Waals surface area contributed by atoms with Gasteiger partial charge >= 0.3 is 0 Å². The van der Waals surface area contributed by atoms with Gasteiger partial charge in [-0.05, 0) is 48.2 Å². The molecule has 0 heterocycles. The van der Waals surface area contributed by atoms with Gasteiger partial charge in [0.15, 0.2) is 11.6 Å². The van der Waals surface area contributed by atoms with Crippen molar-refractivity contribution in [2.24, 2.45) is 0 Å². The van der Waals surface area contributed by atoms with Gasteiger partial charge in [-0.3, -0.25) is 0 Å². The number of aryl methyl sites for hydroxylation is 1. The Morgan fingerprint density at radius 2 is 1.89 bits per heavy atom. The fourth-order valence-electron chi connectivity index (χ4n) is 2.54. The summed E-state index contributed by atoms with van der Waals surface area (Å²) in [5.41, 5.74) is 2.76. The topological polar surface area (TPSA) is 32.3 Å². The van der Waals surface area contributed by atoms with Crippen LogP contribution in [0.5, 0.6) is 5.75 Å². The third-order valence-corrected chi connectivity index (χ3v) is 3.46. The number of aromatic hydroxyl groups is 1. The number of anilines is 1. The third-order valence-electron chi connectivity index (χ3n) is 3.46. The van der Waals surface area contributed by atoms with E-state index in [9.17, 15) is 13.9 Å². The van der Waals surface area contributed by atoms with Crippen molar-refractivity contribution in [1.29, 1.82) is 0 Å². The van der Waals surface area contributed by atoms with Gasteiger partial charge in [-0.25, -0.2) is 8.78 Å². The summed E-state index contributed by atoms with van der Waals surface area (Å²) in [6, 6.07) is 9.14. The molecule has 98 valence electrons. The predicted molar refractivity (Wildman–Crippen MR) is 69.1 cm³/mol. The summed E-state index contributed by atoms with van der Waals surface area (Å²) in [5, 5.41) is 12.6. The van der Waals surface area contributed by atoms with Gasteiger partial charge in [0.2, 0.25) is 0 Å². The number of phenolic OH excluding ortho intramolecular Hbond substituents is 1. The molecule has 0 saturated carbocycles. The molecule has 0 bridgehead atoms. The summed E-state index contributed by atoms with van der Waals surface area (Å²) in [6.45, 7) is 0. The summed E-state index contributed by atoms with van der Waals surface area (Å²) >= 11 is 0. The van der Waals surface area contributed by atoms with Crippen LogP contribution < -0.4 is 5.32 Å². The smallest absolute Gasteiger partial charge is 0.160 e.